The van der Waals surface area contributed by atoms with Gasteiger partial charge in [0.25, 0.3) is 0 Å². The van der Waals surface area contributed by atoms with Gasteiger partial charge in [-0.05, 0) is 56.6 Å². The Kier molecular flexibility index (Phi) is 11.0. The summed E-state index contributed by atoms with van der Waals surface area (Å²) in [5.41, 5.74) is 1.68. The van der Waals surface area contributed by atoms with Crippen molar-refractivity contribution < 1.29 is 8.42 Å². The van der Waals surface area contributed by atoms with Gasteiger partial charge in [-0.3, -0.25) is 4.99 Å². The predicted molar refractivity (Wildman–Crippen MR) is 126 cm³/mol. The quantitative estimate of drug-likeness (QED) is 0.210. The predicted octanol–water partition coefficient (Wildman–Crippen LogP) is 2.65. The number of benzene rings is 1. The van der Waals surface area contributed by atoms with Crippen LogP contribution in [-0.4, -0.2) is 51.6 Å². The van der Waals surface area contributed by atoms with Crippen molar-refractivity contribution in [1.29, 1.82) is 0 Å². The van der Waals surface area contributed by atoms with Gasteiger partial charge in [0.05, 0.1) is 11.4 Å². The lowest BCUT2D eigenvalue weighted by atomic mass is 10.2. The van der Waals surface area contributed by atoms with E-state index in [0.29, 0.717) is 23.2 Å². The molecule has 1 atom stereocenters. The molecule has 0 amide bonds. The molecule has 0 aromatic heterocycles. The average Bonchev–Trinajstić information content (AvgIpc) is 3.12. The monoisotopic (exact) mass is 526 g/mol. The fourth-order valence-electron chi connectivity index (χ4n) is 2.76. The summed E-state index contributed by atoms with van der Waals surface area (Å²) in [4.78, 5) is 4.95. The van der Waals surface area contributed by atoms with Gasteiger partial charge in [0.1, 0.15) is 0 Å². The number of sulfonamides is 1. The van der Waals surface area contributed by atoms with E-state index in [4.69, 9.17) is 0 Å². The summed E-state index contributed by atoms with van der Waals surface area (Å²) in [5.74, 6) is 1.97. The summed E-state index contributed by atoms with van der Waals surface area (Å²) in [6.07, 6.45) is 2.50. The van der Waals surface area contributed by atoms with Crippen LogP contribution in [0.15, 0.2) is 28.1 Å². The zero-order valence-corrected chi connectivity index (χ0v) is 20.2. The number of halogens is 1. The molecular formula is C18H31IN4O2S2. The molecule has 1 aliphatic heterocycles. The van der Waals surface area contributed by atoms with Crippen molar-refractivity contribution in [2.75, 3.05) is 31.9 Å². The van der Waals surface area contributed by atoms with Crippen molar-refractivity contribution in [3.05, 3.63) is 29.3 Å². The van der Waals surface area contributed by atoms with Gasteiger partial charge in [0.2, 0.25) is 10.0 Å². The molecule has 0 radical (unpaired) electrons. The maximum absolute atomic E-state index is 12.5. The molecule has 1 aromatic carbocycles. The van der Waals surface area contributed by atoms with E-state index in [1.807, 2.05) is 44.7 Å². The highest BCUT2D eigenvalue weighted by Crippen LogP contribution is 2.26. The normalized spacial score (nSPS) is 17.4. The first kappa shape index (κ1) is 24.5. The van der Waals surface area contributed by atoms with Gasteiger partial charge in [-0.2, -0.15) is 11.8 Å². The number of rotatable bonds is 8. The van der Waals surface area contributed by atoms with Crippen LogP contribution in [-0.2, 0) is 10.0 Å². The van der Waals surface area contributed by atoms with Crippen LogP contribution < -0.4 is 15.4 Å². The fraction of sp³-hybridized carbons (Fsp3) is 0.611. The zero-order chi connectivity index (χ0) is 19.0. The Balaban J connectivity index is 0.00000364. The van der Waals surface area contributed by atoms with Crippen LogP contribution in [0.4, 0.5) is 0 Å². The molecule has 154 valence electrons. The van der Waals surface area contributed by atoms with E-state index in [0.717, 1.165) is 30.2 Å². The highest BCUT2D eigenvalue weighted by molar-refractivity contribution is 14.0. The molecule has 0 bridgehead atoms. The molecule has 0 aliphatic carbocycles. The number of thioether (sulfide) groups is 1. The van der Waals surface area contributed by atoms with Crippen LogP contribution in [0.5, 0.6) is 0 Å². The Morgan fingerprint density at radius 2 is 2.04 bits per heavy atom. The second kappa shape index (κ2) is 12.1. The molecule has 0 spiro atoms. The van der Waals surface area contributed by atoms with E-state index in [1.165, 1.54) is 18.6 Å². The number of aliphatic imine (C=N–C) groups is 1. The summed E-state index contributed by atoms with van der Waals surface area (Å²) in [7, 11) is -3.50. The minimum absolute atomic E-state index is 0. The average molecular weight is 527 g/mol. The SMILES string of the molecule is CCNC(=NCC1CCCS1)NCCNS(=O)(=O)c1cc(C)ccc1C.I. The summed E-state index contributed by atoms with van der Waals surface area (Å²) in [6.45, 7) is 8.08. The van der Waals surface area contributed by atoms with E-state index in [2.05, 4.69) is 20.3 Å². The van der Waals surface area contributed by atoms with Crippen LogP contribution >= 0.6 is 35.7 Å². The molecule has 2 rings (SSSR count). The van der Waals surface area contributed by atoms with Crippen LogP contribution in [0.25, 0.3) is 0 Å². The topological polar surface area (TPSA) is 82.6 Å². The smallest absolute Gasteiger partial charge is 0.240 e. The number of hydrogen-bond donors (Lipinski definition) is 3. The maximum Gasteiger partial charge on any atom is 0.240 e. The van der Waals surface area contributed by atoms with Gasteiger partial charge in [-0.1, -0.05) is 12.1 Å². The van der Waals surface area contributed by atoms with E-state index in [-0.39, 0.29) is 24.0 Å². The molecule has 1 aliphatic rings. The van der Waals surface area contributed by atoms with E-state index >= 15 is 0 Å². The van der Waals surface area contributed by atoms with Crippen molar-refractivity contribution in [3.63, 3.8) is 0 Å². The lowest BCUT2D eigenvalue weighted by Gasteiger charge is -2.14. The zero-order valence-electron chi connectivity index (χ0n) is 16.2. The van der Waals surface area contributed by atoms with Crippen molar-refractivity contribution in [2.45, 2.75) is 43.8 Å². The van der Waals surface area contributed by atoms with Crippen LogP contribution in [0, 0.1) is 13.8 Å². The van der Waals surface area contributed by atoms with Crippen molar-refractivity contribution >= 4 is 51.7 Å². The molecule has 1 heterocycles. The Labute approximate surface area is 184 Å². The first-order chi connectivity index (χ1) is 12.4. The van der Waals surface area contributed by atoms with E-state index in [9.17, 15) is 8.42 Å². The summed E-state index contributed by atoms with van der Waals surface area (Å²) in [5, 5.41) is 7.01. The van der Waals surface area contributed by atoms with E-state index < -0.39 is 10.0 Å². The highest BCUT2D eigenvalue weighted by atomic mass is 127. The van der Waals surface area contributed by atoms with Crippen molar-refractivity contribution in [1.82, 2.24) is 15.4 Å². The Morgan fingerprint density at radius 3 is 2.70 bits per heavy atom. The highest BCUT2D eigenvalue weighted by Gasteiger charge is 2.17. The summed E-state index contributed by atoms with van der Waals surface area (Å²) < 4.78 is 27.6. The number of aryl methyl sites for hydroxylation is 2. The van der Waals surface area contributed by atoms with Crippen LogP contribution in [0.3, 0.4) is 0 Å². The fourth-order valence-corrected chi connectivity index (χ4v) is 5.30. The maximum atomic E-state index is 12.5. The van der Waals surface area contributed by atoms with Gasteiger partial charge in [-0.15, -0.1) is 24.0 Å². The van der Waals surface area contributed by atoms with Gasteiger partial charge < -0.3 is 10.6 Å². The van der Waals surface area contributed by atoms with Crippen molar-refractivity contribution in [2.24, 2.45) is 4.99 Å². The molecule has 1 unspecified atom stereocenters. The Morgan fingerprint density at radius 1 is 1.26 bits per heavy atom. The molecular weight excluding hydrogens is 495 g/mol. The molecule has 1 fully saturated rings. The van der Waals surface area contributed by atoms with Crippen LogP contribution in [0.1, 0.15) is 30.9 Å². The summed E-state index contributed by atoms with van der Waals surface area (Å²) >= 11 is 1.98. The number of hydrogen-bond acceptors (Lipinski definition) is 4. The molecule has 3 N–H and O–H groups in total. The van der Waals surface area contributed by atoms with Gasteiger partial charge in [-0.25, -0.2) is 13.1 Å². The van der Waals surface area contributed by atoms with Gasteiger partial charge in [0.15, 0.2) is 5.96 Å². The molecule has 1 aromatic rings. The van der Waals surface area contributed by atoms with E-state index in [1.54, 1.807) is 6.07 Å². The molecule has 1 saturated heterocycles. The third-order valence-corrected chi connectivity index (χ3v) is 7.15. The summed E-state index contributed by atoms with van der Waals surface area (Å²) in [6, 6.07) is 5.45. The molecule has 9 heteroatoms. The number of nitrogens with one attached hydrogen (secondary N) is 3. The standard InChI is InChI=1S/C18H30N4O2S2.HI/c1-4-19-18(21-13-16-6-5-11-25-16)20-9-10-22-26(23,24)17-12-14(2)7-8-15(17)3;/h7-8,12,16,22H,4-6,9-11,13H2,1-3H3,(H2,19,20,21);1H. The first-order valence-corrected chi connectivity index (χ1v) is 11.7. The van der Waals surface area contributed by atoms with Gasteiger partial charge in [0, 0.05) is 24.9 Å². The Bertz CT molecular complexity index is 720. The van der Waals surface area contributed by atoms with Gasteiger partial charge >= 0.3 is 0 Å². The first-order valence-electron chi connectivity index (χ1n) is 9.13. The molecule has 6 nitrogen and oxygen atoms in total. The number of nitrogens with zero attached hydrogens (tertiary/aromatic N) is 1. The third-order valence-electron chi connectivity index (χ3n) is 4.16. The molecule has 0 saturated carbocycles. The second-order valence-corrected chi connectivity index (χ2v) is 9.59. The number of guanidine groups is 1. The largest absolute Gasteiger partial charge is 0.357 e. The van der Waals surface area contributed by atoms with Crippen molar-refractivity contribution in [3.8, 4) is 0 Å². The Hall–Kier alpha value is -0.520. The third kappa shape index (κ3) is 8.16. The van der Waals surface area contributed by atoms with Crippen LogP contribution in [0.2, 0.25) is 0 Å². The molecule has 27 heavy (non-hydrogen) atoms. The minimum Gasteiger partial charge on any atom is -0.357 e. The minimum atomic E-state index is -3.50. The second-order valence-electron chi connectivity index (χ2n) is 6.45. The lowest BCUT2D eigenvalue weighted by molar-refractivity contribution is 0.579. The lowest BCUT2D eigenvalue weighted by Crippen LogP contribution is -2.41.